The molecule has 1 aliphatic rings. The number of H-pyrrole nitrogens is 2. The van der Waals surface area contributed by atoms with Crippen molar-refractivity contribution in [3.8, 4) is 11.3 Å². The van der Waals surface area contributed by atoms with Gasteiger partial charge in [0.25, 0.3) is 0 Å². The maximum atomic E-state index is 14.1. The van der Waals surface area contributed by atoms with Crippen molar-refractivity contribution in [1.82, 2.24) is 25.1 Å². The number of hydrogen-bond acceptors (Lipinski definition) is 4. The Bertz CT molecular complexity index is 1140. The van der Waals surface area contributed by atoms with Crippen LogP contribution in [-0.4, -0.2) is 31.7 Å². The van der Waals surface area contributed by atoms with Crippen LogP contribution in [0.4, 0.5) is 10.3 Å². The fourth-order valence-electron chi connectivity index (χ4n) is 3.82. The van der Waals surface area contributed by atoms with Crippen LogP contribution in [0.25, 0.3) is 22.2 Å². The van der Waals surface area contributed by atoms with Crippen molar-refractivity contribution in [3.05, 3.63) is 59.4 Å². The lowest BCUT2D eigenvalue weighted by Gasteiger charge is -2.27. The van der Waals surface area contributed by atoms with Gasteiger partial charge in [-0.2, -0.15) is 5.10 Å². The van der Waals surface area contributed by atoms with Gasteiger partial charge in [0, 0.05) is 54.6 Å². The van der Waals surface area contributed by atoms with E-state index >= 15 is 0 Å². The lowest BCUT2D eigenvalue weighted by molar-refractivity contribution is 0.637. The van der Waals surface area contributed by atoms with E-state index in [1.54, 1.807) is 6.20 Å². The van der Waals surface area contributed by atoms with Crippen molar-refractivity contribution in [1.29, 1.82) is 0 Å². The van der Waals surface area contributed by atoms with Crippen LogP contribution in [0.1, 0.15) is 36.6 Å². The molecule has 0 bridgehead atoms. The van der Waals surface area contributed by atoms with Crippen LogP contribution >= 0.6 is 0 Å². The number of halogens is 1. The van der Waals surface area contributed by atoms with E-state index in [9.17, 15) is 4.39 Å². The van der Waals surface area contributed by atoms with E-state index in [-0.39, 0.29) is 5.82 Å². The summed E-state index contributed by atoms with van der Waals surface area (Å²) in [4.78, 5) is 14.3. The van der Waals surface area contributed by atoms with Gasteiger partial charge in [0.2, 0.25) is 5.95 Å². The Morgan fingerprint density at radius 2 is 1.96 bits per heavy atom. The van der Waals surface area contributed by atoms with E-state index in [1.165, 1.54) is 6.07 Å². The van der Waals surface area contributed by atoms with Crippen molar-refractivity contribution >= 4 is 16.9 Å². The predicted octanol–water partition coefficient (Wildman–Crippen LogP) is 4.17. The second-order valence-corrected chi connectivity index (χ2v) is 7.53. The Morgan fingerprint density at radius 1 is 1.14 bits per heavy atom. The largest absolute Gasteiger partial charge is 0.359 e. The molecule has 0 saturated carbocycles. The first kappa shape index (κ1) is 16.9. The van der Waals surface area contributed by atoms with Gasteiger partial charge in [0.15, 0.2) is 0 Å². The van der Waals surface area contributed by atoms with Gasteiger partial charge in [-0.15, -0.1) is 0 Å². The molecule has 0 fully saturated rings. The first-order chi connectivity index (χ1) is 13.6. The number of benzene rings is 1. The molecule has 6 nitrogen and oxygen atoms in total. The van der Waals surface area contributed by atoms with Crippen LogP contribution in [0.2, 0.25) is 0 Å². The molecule has 1 aromatic carbocycles. The molecule has 1 aliphatic heterocycles. The molecule has 4 aromatic rings. The molecule has 0 atom stereocenters. The van der Waals surface area contributed by atoms with Gasteiger partial charge in [0.1, 0.15) is 5.82 Å². The third-order valence-electron chi connectivity index (χ3n) is 5.47. The predicted molar refractivity (Wildman–Crippen MR) is 107 cm³/mol. The number of nitrogens with zero attached hydrogens (tertiary/aromatic N) is 4. The minimum atomic E-state index is -0.252. The molecular formula is C21H21FN6. The molecule has 2 N–H and O–H groups in total. The van der Waals surface area contributed by atoms with Crippen molar-refractivity contribution in [3.63, 3.8) is 0 Å². The molecule has 0 radical (unpaired) electrons. The summed E-state index contributed by atoms with van der Waals surface area (Å²) in [6.07, 6.45) is 6.39. The van der Waals surface area contributed by atoms with Crippen LogP contribution in [0.15, 0.2) is 36.8 Å². The van der Waals surface area contributed by atoms with Crippen LogP contribution in [0, 0.1) is 5.82 Å². The lowest BCUT2D eigenvalue weighted by Crippen LogP contribution is -2.31. The summed E-state index contributed by atoms with van der Waals surface area (Å²) in [6.45, 7) is 5.76. The molecule has 3 aromatic heterocycles. The summed E-state index contributed by atoms with van der Waals surface area (Å²) in [7, 11) is 0. The molecule has 28 heavy (non-hydrogen) atoms. The number of nitrogens with one attached hydrogen (secondary N) is 2. The van der Waals surface area contributed by atoms with Gasteiger partial charge in [-0.3, -0.25) is 5.10 Å². The van der Waals surface area contributed by atoms with E-state index in [4.69, 9.17) is 0 Å². The summed E-state index contributed by atoms with van der Waals surface area (Å²) in [5.74, 6) is 0.884. The van der Waals surface area contributed by atoms with E-state index in [2.05, 4.69) is 43.9 Å². The summed E-state index contributed by atoms with van der Waals surface area (Å²) in [5.41, 5.74) is 5.70. The average Bonchev–Trinajstić information content (AvgIpc) is 3.36. The fourth-order valence-corrected chi connectivity index (χ4v) is 3.82. The Hall–Kier alpha value is -3.22. The second kappa shape index (κ2) is 6.44. The zero-order valence-electron chi connectivity index (χ0n) is 15.8. The smallest absolute Gasteiger partial charge is 0.225 e. The Balaban J connectivity index is 1.52. The van der Waals surface area contributed by atoms with Crippen LogP contribution < -0.4 is 4.90 Å². The number of hydrogen-bond donors (Lipinski definition) is 2. The van der Waals surface area contributed by atoms with Gasteiger partial charge in [-0.1, -0.05) is 13.8 Å². The third-order valence-corrected chi connectivity index (χ3v) is 5.47. The molecule has 0 amide bonds. The van der Waals surface area contributed by atoms with Gasteiger partial charge in [-0.25, -0.2) is 14.4 Å². The Kier molecular flexibility index (Phi) is 3.89. The molecule has 142 valence electrons. The average molecular weight is 376 g/mol. The minimum absolute atomic E-state index is 0.252. The van der Waals surface area contributed by atoms with Gasteiger partial charge < -0.3 is 9.88 Å². The third kappa shape index (κ3) is 2.66. The van der Waals surface area contributed by atoms with Crippen LogP contribution in [0.3, 0.4) is 0 Å². The standard InChI is InChI=1S/C21H21FN6/c1-12(2)13-9-24-21(25-10-13)28-8-6-18-16(11-28)19(27-26-18)14-3-4-17(22)20-15(14)5-7-23-20/h3-5,7,9-10,12,23H,6,8,11H2,1-2H3,(H,26,27). The number of aromatic nitrogens is 5. The lowest BCUT2D eigenvalue weighted by atomic mass is 9.99. The van der Waals surface area contributed by atoms with Crippen LogP contribution in [-0.2, 0) is 13.0 Å². The topological polar surface area (TPSA) is 73.5 Å². The molecule has 0 aliphatic carbocycles. The van der Waals surface area contributed by atoms with Crippen molar-refractivity contribution < 1.29 is 4.39 Å². The number of aromatic amines is 2. The summed E-state index contributed by atoms with van der Waals surface area (Å²) < 4.78 is 14.1. The van der Waals surface area contributed by atoms with Gasteiger partial charge in [-0.05, 0) is 29.7 Å². The summed E-state index contributed by atoms with van der Waals surface area (Å²) in [5, 5.41) is 8.54. The van der Waals surface area contributed by atoms with E-state index in [1.807, 2.05) is 24.5 Å². The van der Waals surface area contributed by atoms with E-state index in [0.29, 0.717) is 18.0 Å². The molecular weight excluding hydrogens is 355 g/mol. The molecule has 7 heteroatoms. The molecule has 0 spiro atoms. The highest BCUT2D eigenvalue weighted by atomic mass is 19.1. The van der Waals surface area contributed by atoms with Crippen molar-refractivity contribution in [2.45, 2.75) is 32.7 Å². The molecule has 0 saturated heterocycles. The van der Waals surface area contributed by atoms with Crippen molar-refractivity contribution in [2.75, 3.05) is 11.4 Å². The molecule has 5 rings (SSSR count). The quantitative estimate of drug-likeness (QED) is 0.563. The minimum Gasteiger partial charge on any atom is -0.359 e. The Morgan fingerprint density at radius 3 is 2.75 bits per heavy atom. The highest BCUT2D eigenvalue weighted by molar-refractivity contribution is 5.95. The molecule has 4 heterocycles. The first-order valence-corrected chi connectivity index (χ1v) is 9.51. The highest BCUT2D eigenvalue weighted by Crippen LogP contribution is 2.34. The van der Waals surface area contributed by atoms with E-state index < -0.39 is 0 Å². The van der Waals surface area contributed by atoms with Gasteiger partial charge in [0.05, 0.1) is 16.9 Å². The summed E-state index contributed by atoms with van der Waals surface area (Å²) >= 11 is 0. The fraction of sp³-hybridized carbons (Fsp3) is 0.286. The van der Waals surface area contributed by atoms with Crippen LogP contribution in [0.5, 0.6) is 0 Å². The van der Waals surface area contributed by atoms with Gasteiger partial charge >= 0.3 is 0 Å². The highest BCUT2D eigenvalue weighted by Gasteiger charge is 2.25. The van der Waals surface area contributed by atoms with E-state index in [0.717, 1.165) is 52.4 Å². The number of rotatable bonds is 3. The zero-order valence-corrected chi connectivity index (χ0v) is 15.8. The SMILES string of the molecule is CC(C)c1cnc(N2CCc3n[nH]c(-c4ccc(F)c5[nH]ccc45)c3C2)nc1. The number of anilines is 1. The van der Waals surface area contributed by atoms with Crippen molar-refractivity contribution in [2.24, 2.45) is 0 Å². The summed E-state index contributed by atoms with van der Waals surface area (Å²) in [6, 6.07) is 5.21. The Labute approximate surface area is 161 Å². The normalized spacial score (nSPS) is 14.1. The first-order valence-electron chi connectivity index (χ1n) is 9.51. The molecule has 0 unspecified atom stereocenters. The zero-order chi connectivity index (χ0) is 19.3. The second-order valence-electron chi connectivity index (χ2n) is 7.53. The maximum absolute atomic E-state index is 14.1. The monoisotopic (exact) mass is 376 g/mol. The maximum Gasteiger partial charge on any atom is 0.225 e. The number of fused-ring (bicyclic) bond motifs is 2.